The molecule has 0 saturated carbocycles. The molecule has 0 heterocycles. The van der Waals surface area contributed by atoms with Gasteiger partial charge in [0.25, 0.3) is 21.6 Å². The predicted octanol–water partition coefficient (Wildman–Crippen LogP) is 1.52. The number of carbonyl (C=O) groups is 1. The minimum Gasteiger partial charge on any atom is -0.362 e. The summed E-state index contributed by atoms with van der Waals surface area (Å²) in [6, 6.07) is 10.3. The third kappa shape index (κ3) is 5.62. The van der Waals surface area contributed by atoms with Crippen LogP contribution in [0.3, 0.4) is 0 Å². The molecule has 0 saturated heterocycles. The van der Waals surface area contributed by atoms with Crippen molar-refractivity contribution in [1.29, 1.82) is 0 Å². The van der Waals surface area contributed by atoms with Crippen molar-refractivity contribution in [3.8, 4) is 0 Å². The maximum absolute atomic E-state index is 12.4. The average Bonchev–Trinajstić information content (AvgIpc) is 2.66. The smallest absolute Gasteiger partial charge is 0.270 e. The lowest BCUT2D eigenvalue weighted by Gasteiger charge is -2.11. The molecular formula is C16H17N5O5S2. The van der Waals surface area contributed by atoms with Crippen LogP contribution >= 0.6 is 12.2 Å². The van der Waals surface area contributed by atoms with E-state index in [9.17, 15) is 23.3 Å². The molecule has 2 aromatic rings. The minimum absolute atomic E-state index is 0.194. The molecule has 0 atom stereocenters. The zero-order valence-corrected chi connectivity index (χ0v) is 16.3. The molecule has 0 aromatic heterocycles. The summed E-state index contributed by atoms with van der Waals surface area (Å²) < 4.78 is 27.1. The normalized spacial score (nSPS) is 10.6. The molecule has 0 aliphatic rings. The van der Waals surface area contributed by atoms with E-state index in [0.29, 0.717) is 6.54 Å². The van der Waals surface area contributed by atoms with E-state index in [4.69, 9.17) is 12.2 Å². The number of nitro benzene ring substituents is 1. The van der Waals surface area contributed by atoms with E-state index in [1.807, 2.05) is 6.92 Å². The van der Waals surface area contributed by atoms with Crippen LogP contribution in [-0.4, -0.2) is 30.9 Å². The molecule has 2 rings (SSSR count). The number of amides is 1. The Kier molecular flexibility index (Phi) is 6.84. The highest BCUT2D eigenvalue weighted by Gasteiger charge is 2.18. The van der Waals surface area contributed by atoms with Crippen molar-refractivity contribution in [2.45, 2.75) is 11.8 Å². The Balaban J connectivity index is 2.07. The highest BCUT2D eigenvalue weighted by atomic mass is 32.2. The Morgan fingerprint density at radius 1 is 1.14 bits per heavy atom. The summed E-state index contributed by atoms with van der Waals surface area (Å²) in [4.78, 5) is 21.9. The summed E-state index contributed by atoms with van der Waals surface area (Å²) in [5.41, 5.74) is 5.05. The second-order valence-electron chi connectivity index (χ2n) is 5.38. The maximum atomic E-state index is 12.4. The standard InChI is InChI=1S/C16H17N5O5S2/c1-2-17-16(27)19-18-15(22)11-6-8-12(9-7-11)20-28(25,26)14-5-3-4-13(10-14)21(23)24/h3-10,20H,2H2,1H3,(H,18,22)(H2,17,19,27). The summed E-state index contributed by atoms with van der Waals surface area (Å²) >= 11 is 4.92. The minimum atomic E-state index is -4.02. The van der Waals surface area contributed by atoms with Gasteiger partial charge in [-0.25, -0.2) is 8.42 Å². The molecule has 4 N–H and O–H groups in total. The topological polar surface area (TPSA) is 142 Å². The van der Waals surface area contributed by atoms with Crippen LogP contribution in [0.1, 0.15) is 17.3 Å². The van der Waals surface area contributed by atoms with E-state index >= 15 is 0 Å². The number of benzene rings is 2. The van der Waals surface area contributed by atoms with Crippen molar-refractivity contribution in [2.24, 2.45) is 0 Å². The molecular weight excluding hydrogens is 406 g/mol. The van der Waals surface area contributed by atoms with Crippen LogP contribution in [-0.2, 0) is 10.0 Å². The molecule has 10 nitrogen and oxygen atoms in total. The van der Waals surface area contributed by atoms with Gasteiger partial charge in [-0.15, -0.1) is 0 Å². The van der Waals surface area contributed by atoms with Gasteiger partial charge >= 0.3 is 0 Å². The van der Waals surface area contributed by atoms with Crippen molar-refractivity contribution in [1.82, 2.24) is 16.2 Å². The number of nitrogens with zero attached hydrogens (tertiary/aromatic N) is 1. The number of thiocarbonyl (C=S) groups is 1. The molecule has 0 aliphatic carbocycles. The second kappa shape index (κ2) is 9.10. The van der Waals surface area contributed by atoms with Crippen molar-refractivity contribution in [2.75, 3.05) is 11.3 Å². The van der Waals surface area contributed by atoms with Crippen LogP contribution < -0.4 is 20.9 Å². The van der Waals surface area contributed by atoms with Crippen LogP contribution in [0.25, 0.3) is 0 Å². The number of nitrogens with one attached hydrogen (secondary N) is 4. The first-order valence-corrected chi connectivity index (χ1v) is 9.83. The van der Waals surface area contributed by atoms with Gasteiger partial charge in [-0.3, -0.25) is 30.5 Å². The Morgan fingerprint density at radius 2 is 1.82 bits per heavy atom. The summed E-state index contributed by atoms with van der Waals surface area (Å²) in [6.07, 6.45) is 0. The number of rotatable bonds is 6. The fraction of sp³-hybridized carbons (Fsp3) is 0.125. The summed E-state index contributed by atoms with van der Waals surface area (Å²) in [5.74, 6) is -0.464. The van der Waals surface area contributed by atoms with Gasteiger partial charge in [-0.05, 0) is 49.5 Å². The van der Waals surface area contributed by atoms with Crippen LogP contribution in [0.2, 0.25) is 0 Å². The summed E-state index contributed by atoms with van der Waals surface area (Å²) in [6.45, 7) is 2.45. The van der Waals surface area contributed by atoms with Gasteiger partial charge in [0.05, 0.1) is 9.82 Å². The molecule has 12 heteroatoms. The van der Waals surface area contributed by atoms with Gasteiger partial charge in [0.15, 0.2) is 5.11 Å². The van der Waals surface area contributed by atoms with Crippen LogP contribution in [0.5, 0.6) is 0 Å². The monoisotopic (exact) mass is 423 g/mol. The Hall–Kier alpha value is -3.25. The molecule has 148 valence electrons. The van der Waals surface area contributed by atoms with Gasteiger partial charge in [0, 0.05) is 29.9 Å². The van der Waals surface area contributed by atoms with E-state index in [-0.39, 0.29) is 26.9 Å². The number of anilines is 1. The zero-order valence-electron chi connectivity index (χ0n) is 14.6. The van der Waals surface area contributed by atoms with Crippen molar-refractivity contribution >= 4 is 44.6 Å². The largest absolute Gasteiger partial charge is 0.362 e. The lowest BCUT2D eigenvalue weighted by atomic mass is 10.2. The van der Waals surface area contributed by atoms with Crippen LogP contribution in [0.4, 0.5) is 11.4 Å². The van der Waals surface area contributed by atoms with E-state index < -0.39 is 20.9 Å². The van der Waals surface area contributed by atoms with Crippen LogP contribution in [0, 0.1) is 10.1 Å². The van der Waals surface area contributed by atoms with Gasteiger partial charge in [-0.1, -0.05) is 6.07 Å². The number of hydrogen-bond donors (Lipinski definition) is 4. The number of hydrazine groups is 1. The van der Waals surface area contributed by atoms with Crippen molar-refractivity contribution in [3.05, 3.63) is 64.2 Å². The fourth-order valence-corrected chi connectivity index (χ4v) is 3.35. The van der Waals surface area contributed by atoms with E-state index in [2.05, 4.69) is 20.9 Å². The molecule has 2 aromatic carbocycles. The maximum Gasteiger partial charge on any atom is 0.270 e. The molecule has 0 spiro atoms. The molecule has 0 fully saturated rings. The van der Waals surface area contributed by atoms with E-state index in [1.54, 1.807) is 0 Å². The van der Waals surface area contributed by atoms with Gasteiger partial charge in [-0.2, -0.15) is 0 Å². The fourth-order valence-electron chi connectivity index (χ4n) is 2.06. The lowest BCUT2D eigenvalue weighted by molar-refractivity contribution is -0.385. The third-order valence-corrected chi connectivity index (χ3v) is 4.99. The zero-order chi connectivity index (χ0) is 20.7. The SMILES string of the molecule is CCNC(=S)NNC(=O)c1ccc(NS(=O)(=O)c2cccc([N+](=O)[O-])c2)cc1. The van der Waals surface area contributed by atoms with Gasteiger partial charge < -0.3 is 5.32 Å². The van der Waals surface area contributed by atoms with Gasteiger partial charge in [0.1, 0.15) is 0 Å². The first kappa shape index (κ1) is 21.1. The number of hydrogen-bond acceptors (Lipinski definition) is 6. The predicted molar refractivity (Wildman–Crippen MR) is 107 cm³/mol. The summed E-state index contributed by atoms with van der Waals surface area (Å²) in [7, 11) is -4.02. The molecule has 0 radical (unpaired) electrons. The molecule has 28 heavy (non-hydrogen) atoms. The molecule has 1 amide bonds. The van der Waals surface area contributed by atoms with E-state index in [0.717, 1.165) is 6.07 Å². The molecule has 0 unspecified atom stereocenters. The van der Waals surface area contributed by atoms with Crippen molar-refractivity contribution in [3.63, 3.8) is 0 Å². The van der Waals surface area contributed by atoms with Crippen LogP contribution in [0.15, 0.2) is 53.4 Å². The highest BCUT2D eigenvalue weighted by molar-refractivity contribution is 7.92. The second-order valence-corrected chi connectivity index (χ2v) is 7.47. The third-order valence-electron chi connectivity index (χ3n) is 3.36. The van der Waals surface area contributed by atoms with Crippen molar-refractivity contribution < 1.29 is 18.1 Å². The average molecular weight is 423 g/mol. The number of sulfonamides is 1. The Morgan fingerprint density at radius 3 is 2.43 bits per heavy atom. The lowest BCUT2D eigenvalue weighted by Crippen LogP contribution is -2.46. The number of nitro groups is 1. The number of non-ortho nitro benzene ring substituents is 1. The number of carbonyl (C=O) groups excluding carboxylic acids is 1. The summed E-state index contributed by atoms with van der Waals surface area (Å²) in [5, 5.41) is 13.9. The molecule has 0 aliphatic heterocycles. The Labute approximate surface area is 166 Å². The molecule has 0 bridgehead atoms. The highest BCUT2D eigenvalue weighted by Crippen LogP contribution is 2.20. The van der Waals surface area contributed by atoms with Gasteiger partial charge in [0.2, 0.25) is 0 Å². The van der Waals surface area contributed by atoms with E-state index in [1.165, 1.54) is 42.5 Å². The first-order chi connectivity index (χ1) is 13.2. The first-order valence-electron chi connectivity index (χ1n) is 7.94. The Bertz CT molecular complexity index is 993. The quantitative estimate of drug-likeness (QED) is 0.311.